The van der Waals surface area contributed by atoms with Gasteiger partial charge in [0, 0.05) is 6.42 Å². The summed E-state index contributed by atoms with van der Waals surface area (Å²) in [6, 6.07) is 4.06. The zero-order valence-electron chi connectivity index (χ0n) is 22.3. The number of amides is 1. The van der Waals surface area contributed by atoms with Crippen LogP contribution in [0.4, 0.5) is 0 Å². The van der Waals surface area contributed by atoms with Gasteiger partial charge < -0.3 is 39.4 Å². The summed E-state index contributed by atoms with van der Waals surface area (Å²) < 4.78 is 20.6. The van der Waals surface area contributed by atoms with Crippen LogP contribution in [-0.2, 0) is 49.2 Å². The van der Waals surface area contributed by atoms with E-state index in [0.29, 0.717) is 12.8 Å². The molecule has 1 saturated heterocycles. The Morgan fingerprint density at radius 3 is 2.20 bits per heavy atom. The number of carboxylic acids is 2. The first-order valence-electron chi connectivity index (χ1n) is 12.6. The third-order valence-electron chi connectivity index (χ3n) is 6.30. The minimum atomic E-state index is -2.34. The van der Waals surface area contributed by atoms with Crippen molar-refractivity contribution < 1.29 is 62.9 Å². The lowest BCUT2D eigenvalue weighted by molar-refractivity contribution is -0.158. The molecule has 0 spiro atoms. The number of carbonyl (C=O) groups excluding carboxylic acids is 4. The Morgan fingerprint density at radius 2 is 1.65 bits per heavy atom. The van der Waals surface area contributed by atoms with Crippen LogP contribution in [0.2, 0.25) is 0 Å². The lowest BCUT2D eigenvalue weighted by atomic mass is 9.74. The predicted octanol–water partition coefficient (Wildman–Crippen LogP) is 1.21. The van der Waals surface area contributed by atoms with Crippen molar-refractivity contribution in [1.29, 1.82) is 0 Å². The minimum absolute atomic E-state index is 0.000544. The molecule has 2 rings (SSSR count). The molecule has 0 aliphatic carbocycles. The summed E-state index contributed by atoms with van der Waals surface area (Å²) in [5.41, 5.74) is -2.54. The first kappa shape index (κ1) is 32.1. The third kappa shape index (κ3) is 8.18. The van der Waals surface area contributed by atoms with E-state index in [1.165, 1.54) is 25.1 Å². The van der Waals surface area contributed by atoms with Gasteiger partial charge in [-0.05, 0) is 30.9 Å². The number of hydrogen-bond acceptors (Lipinski definition) is 11. The van der Waals surface area contributed by atoms with E-state index < -0.39 is 79.8 Å². The highest BCUT2D eigenvalue weighted by Gasteiger charge is 2.58. The summed E-state index contributed by atoms with van der Waals surface area (Å²) in [5.74, 6) is -8.41. The summed E-state index contributed by atoms with van der Waals surface area (Å²) in [6.45, 7) is 4.50. The minimum Gasteiger partial charge on any atom is -0.507 e. The quantitative estimate of drug-likeness (QED) is 0.134. The first-order chi connectivity index (χ1) is 18.9. The summed E-state index contributed by atoms with van der Waals surface area (Å²) in [5, 5.41) is 31.8. The fourth-order valence-corrected chi connectivity index (χ4v) is 4.09. The molecule has 1 aliphatic heterocycles. The van der Waals surface area contributed by atoms with E-state index in [1.807, 2.05) is 13.8 Å². The number of carbonyl (C=O) groups is 6. The molecule has 0 radical (unpaired) electrons. The molecule has 1 unspecified atom stereocenters. The second-order valence-electron chi connectivity index (χ2n) is 9.10. The van der Waals surface area contributed by atoms with E-state index >= 15 is 0 Å². The van der Waals surface area contributed by atoms with Gasteiger partial charge in [-0.2, -0.15) is 0 Å². The normalized spacial score (nSPS) is 14.8. The molecule has 0 bridgehead atoms. The van der Waals surface area contributed by atoms with Crippen molar-refractivity contribution in [2.24, 2.45) is 5.92 Å². The molecule has 1 fully saturated rings. The van der Waals surface area contributed by atoms with Crippen LogP contribution in [0.3, 0.4) is 0 Å². The Hall–Kier alpha value is -4.14. The van der Waals surface area contributed by atoms with E-state index in [1.54, 1.807) is 0 Å². The molecule has 0 saturated carbocycles. The van der Waals surface area contributed by atoms with Crippen LogP contribution >= 0.6 is 0 Å². The number of carboxylic acid groups (broad SMARTS) is 2. The second-order valence-corrected chi connectivity index (χ2v) is 9.10. The van der Waals surface area contributed by atoms with Crippen LogP contribution in [-0.4, -0.2) is 76.5 Å². The number of phenols is 1. The van der Waals surface area contributed by atoms with Crippen LogP contribution in [0, 0.1) is 5.92 Å². The highest BCUT2D eigenvalue weighted by Crippen LogP contribution is 2.33. The van der Waals surface area contributed by atoms with Crippen LogP contribution in [0.5, 0.6) is 5.75 Å². The highest BCUT2D eigenvalue weighted by atomic mass is 16.7. The molecule has 40 heavy (non-hydrogen) atoms. The van der Waals surface area contributed by atoms with Gasteiger partial charge in [0.2, 0.25) is 12.7 Å². The summed E-state index contributed by atoms with van der Waals surface area (Å²) in [6.07, 6.45) is -1.18. The van der Waals surface area contributed by atoms with Gasteiger partial charge in [-0.15, -0.1) is 0 Å². The summed E-state index contributed by atoms with van der Waals surface area (Å²) in [7, 11) is -1.61. The number of benzene rings is 1. The number of rotatable bonds is 15. The Labute approximate surface area is 230 Å². The van der Waals surface area contributed by atoms with Gasteiger partial charge >= 0.3 is 37.0 Å². The van der Waals surface area contributed by atoms with Crippen molar-refractivity contribution >= 4 is 42.9 Å². The van der Waals surface area contributed by atoms with E-state index in [4.69, 9.17) is 18.8 Å². The SMILES string of the molecule is CCC(=O)NC(Cc1cccc(C(=O)OCOC(=O)C(CC)CC)c1O)B1OC(=O)C(CC(=O)O)(CC(=O)O)O1. The molecule has 15 heteroatoms. The van der Waals surface area contributed by atoms with Crippen molar-refractivity contribution in [1.82, 2.24) is 5.32 Å². The van der Waals surface area contributed by atoms with Gasteiger partial charge in [0.05, 0.1) is 24.7 Å². The molecule has 1 heterocycles. The van der Waals surface area contributed by atoms with Gasteiger partial charge in [-0.3, -0.25) is 24.0 Å². The number of esters is 2. The molecule has 14 nitrogen and oxygen atoms in total. The van der Waals surface area contributed by atoms with E-state index in [9.17, 15) is 44.1 Å². The lowest BCUT2D eigenvalue weighted by Crippen LogP contribution is -2.50. The van der Waals surface area contributed by atoms with Crippen molar-refractivity contribution in [3.63, 3.8) is 0 Å². The second kappa shape index (κ2) is 14.3. The number of hydrogen-bond donors (Lipinski definition) is 4. The molecule has 4 N–H and O–H groups in total. The monoisotopic (exact) mass is 565 g/mol. The number of nitrogens with one attached hydrogen (secondary N) is 1. The third-order valence-corrected chi connectivity index (χ3v) is 6.30. The van der Waals surface area contributed by atoms with Gasteiger partial charge in [0.15, 0.2) is 5.60 Å². The highest BCUT2D eigenvalue weighted by molar-refractivity contribution is 6.52. The fraction of sp³-hybridized carbons (Fsp3) is 0.520. The van der Waals surface area contributed by atoms with Crippen LogP contribution < -0.4 is 5.32 Å². The molecule has 1 amide bonds. The maximum atomic E-state index is 12.6. The molecule has 0 aromatic heterocycles. The molecule has 218 valence electrons. The molecule has 1 atom stereocenters. The Balaban J connectivity index is 2.25. The van der Waals surface area contributed by atoms with Crippen LogP contribution in [0.25, 0.3) is 0 Å². The van der Waals surface area contributed by atoms with E-state index in [2.05, 4.69) is 5.32 Å². The Kier molecular flexibility index (Phi) is 11.5. The standard InChI is InChI=1S/C25H32BNO13/c1-4-14(5-2)22(34)37-13-38-23(35)16-9-7-8-15(21(16)33)10-17(27-18(28)6-3)26-39-24(36)25(40-26,11-19(29)30)12-20(31)32/h7-9,14,17,33H,4-6,10-13H2,1-3H3,(H,27,28)(H,29,30)(H,31,32). The number of phenolic OH excluding ortho intramolecular Hbond substituents is 1. The molecule has 1 aromatic rings. The zero-order valence-corrected chi connectivity index (χ0v) is 22.3. The van der Waals surface area contributed by atoms with Crippen molar-refractivity contribution in [2.75, 3.05) is 6.79 Å². The molecule has 1 aliphatic rings. The molecule has 1 aromatic carbocycles. The molecular formula is C25H32BNO13. The first-order valence-corrected chi connectivity index (χ1v) is 12.6. The van der Waals surface area contributed by atoms with Crippen LogP contribution in [0.15, 0.2) is 18.2 Å². The van der Waals surface area contributed by atoms with E-state index in [-0.39, 0.29) is 29.9 Å². The molecular weight excluding hydrogens is 533 g/mol. The number of aliphatic carboxylic acids is 2. The zero-order chi connectivity index (χ0) is 30.0. The maximum absolute atomic E-state index is 12.6. The average molecular weight is 565 g/mol. The number of ether oxygens (including phenoxy) is 2. The van der Waals surface area contributed by atoms with Gasteiger partial charge in [0.1, 0.15) is 11.3 Å². The topological polar surface area (TPSA) is 212 Å². The average Bonchev–Trinajstić information content (AvgIpc) is 3.19. The van der Waals surface area contributed by atoms with Gasteiger partial charge in [-0.1, -0.05) is 32.9 Å². The number of para-hydroxylation sites is 1. The lowest BCUT2D eigenvalue weighted by Gasteiger charge is -2.23. The smallest absolute Gasteiger partial charge is 0.507 e. The van der Waals surface area contributed by atoms with Crippen LogP contribution in [0.1, 0.15) is 68.8 Å². The maximum Gasteiger partial charge on any atom is 0.552 e. The predicted molar refractivity (Wildman–Crippen MR) is 135 cm³/mol. The largest absolute Gasteiger partial charge is 0.552 e. The fourth-order valence-electron chi connectivity index (χ4n) is 4.09. The van der Waals surface area contributed by atoms with Gasteiger partial charge in [-0.25, -0.2) is 4.79 Å². The summed E-state index contributed by atoms with van der Waals surface area (Å²) in [4.78, 5) is 72.0. The van der Waals surface area contributed by atoms with Crippen molar-refractivity contribution in [3.05, 3.63) is 29.3 Å². The Bertz CT molecular complexity index is 1120. The van der Waals surface area contributed by atoms with Crippen molar-refractivity contribution in [2.45, 2.75) is 70.8 Å². The van der Waals surface area contributed by atoms with Crippen molar-refractivity contribution in [3.8, 4) is 5.75 Å². The number of aromatic hydroxyl groups is 1. The Morgan fingerprint density at radius 1 is 1.02 bits per heavy atom. The van der Waals surface area contributed by atoms with E-state index in [0.717, 1.165) is 0 Å². The summed E-state index contributed by atoms with van der Waals surface area (Å²) >= 11 is 0. The van der Waals surface area contributed by atoms with Gasteiger partial charge in [0.25, 0.3) is 0 Å².